The van der Waals surface area contributed by atoms with Crippen LogP contribution in [0.5, 0.6) is 0 Å². The summed E-state index contributed by atoms with van der Waals surface area (Å²) in [5.41, 5.74) is 2.26. The van der Waals surface area contributed by atoms with Crippen LogP contribution in [0.25, 0.3) is 10.9 Å². The monoisotopic (exact) mass is 601 g/mol. The Labute approximate surface area is 256 Å². The zero-order valence-corrected chi connectivity index (χ0v) is 25.9. The van der Waals surface area contributed by atoms with Gasteiger partial charge in [0.15, 0.2) is 0 Å². The first-order valence-corrected chi connectivity index (χ1v) is 15.6. The van der Waals surface area contributed by atoms with Crippen LogP contribution in [0.1, 0.15) is 53.0 Å². The van der Waals surface area contributed by atoms with Gasteiger partial charge in [0.1, 0.15) is 5.54 Å². The van der Waals surface area contributed by atoms with Crippen LogP contribution >= 0.6 is 0 Å². The number of rotatable bonds is 8. The molecule has 4 amide bonds. The molecule has 4 atom stereocenters. The largest absolute Gasteiger partial charge is 0.424 e. The number of aromatic nitrogens is 1. The minimum atomic E-state index is -1.30. The van der Waals surface area contributed by atoms with E-state index in [0.717, 1.165) is 22.0 Å². The minimum Gasteiger partial charge on any atom is -0.393 e. The molecule has 1 N–H and O–H groups in total. The van der Waals surface area contributed by atoms with Gasteiger partial charge in [0.2, 0.25) is 23.6 Å². The van der Waals surface area contributed by atoms with Crippen molar-refractivity contribution in [1.29, 1.82) is 0 Å². The van der Waals surface area contributed by atoms with E-state index in [1.165, 1.54) is 14.7 Å². The van der Waals surface area contributed by atoms with E-state index < -0.39 is 35.5 Å². The van der Waals surface area contributed by atoms with Gasteiger partial charge in [-0.25, -0.2) is 14.5 Å². The summed E-state index contributed by atoms with van der Waals surface area (Å²) in [7, 11) is 0. The lowest BCUT2D eigenvalue weighted by Crippen LogP contribution is -2.60. The molecule has 11 heteroatoms. The normalized spacial score (nSPS) is 27.0. The molecule has 0 saturated carbocycles. The van der Waals surface area contributed by atoms with Gasteiger partial charge in [-0.3, -0.25) is 19.5 Å². The molecule has 2 aromatic rings. The molecular weight excluding hydrogens is 562 g/mol. The van der Waals surface area contributed by atoms with E-state index in [0.29, 0.717) is 44.5 Å². The quantitative estimate of drug-likeness (QED) is 0.425. The van der Waals surface area contributed by atoms with Gasteiger partial charge >= 0.3 is 12.2 Å². The number of para-hydroxylation sites is 1. The number of carbonyl (C=O) groups is 4. The number of fused-ring (bicyclic) bond motifs is 6. The molecule has 4 heterocycles. The molecule has 0 radical (unpaired) electrons. The lowest BCUT2D eigenvalue weighted by Gasteiger charge is -2.49. The Morgan fingerprint density at radius 1 is 1.14 bits per heavy atom. The van der Waals surface area contributed by atoms with E-state index in [4.69, 9.17) is 14.5 Å². The molecule has 44 heavy (non-hydrogen) atoms. The van der Waals surface area contributed by atoms with Crippen molar-refractivity contribution in [2.24, 2.45) is 22.7 Å². The molecule has 0 bridgehead atoms. The topological polar surface area (TPSA) is 125 Å². The van der Waals surface area contributed by atoms with Crippen molar-refractivity contribution in [1.82, 2.24) is 19.7 Å². The van der Waals surface area contributed by atoms with Crippen molar-refractivity contribution >= 4 is 40.8 Å². The van der Waals surface area contributed by atoms with Gasteiger partial charge in [0.05, 0.1) is 11.8 Å². The fourth-order valence-corrected chi connectivity index (χ4v) is 7.53. The predicted molar refractivity (Wildman–Crippen MR) is 163 cm³/mol. The fraction of sp³-hybridized carbons (Fsp3) is 0.485. The van der Waals surface area contributed by atoms with Crippen LogP contribution in [0.15, 0.2) is 58.6 Å². The van der Waals surface area contributed by atoms with Crippen LogP contribution in [-0.2, 0) is 25.5 Å². The molecule has 4 aliphatic rings. The number of likely N-dealkylation sites (tertiary alicyclic amines) is 1. The van der Waals surface area contributed by atoms with Crippen LogP contribution in [-0.4, -0.2) is 81.3 Å². The number of ether oxygens (including phenoxy) is 2. The van der Waals surface area contributed by atoms with E-state index in [1.54, 1.807) is 6.92 Å². The highest BCUT2D eigenvalue weighted by Crippen LogP contribution is 2.56. The van der Waals surface area contributed by atoms with E-state index >= 15 is 0 Å². The maximum atomic E-state index is 13.9. The molecule has 0 spiro atoms. The van der Waals surface area contributed by atoms with Crippen LogP contribution in [0, 0.1) is 17.8 Å². The summed E-state index contributed by atoms with van der Waals surface area (Å²) in [6.45, 7) is 10.7. The number of imide groups is 1. The number of nitrogens with zero attached hydrogens (tertiary/aromatic N) is 4. The summed E-state index contributed by atoms with van der Waals surface area (Å²) in [4.78, 5) is 66.6. The van der Waals surface area contributed by atoms with Gasteiger partial charge in [-0.15, -0.1) is 0 Å². The average molecular weight is 602 g/mol. The summed E-state index contributed by atoms with van der Waals surface area (Å²) in [5, 5.41) is 1.10. The van der Waals surface area contributed by atoms with Crippen molar-refractivity contribution in [2.75, 3.05) is 26.2 Å². The van der Waals surface area contributed by atoms with Crippen LogP contribution in [0.4, 0.5) is 9.59 Å². The molecule has 6 rings (SSSR count). The second-order valence-corrected chi connectivity index (χ2v) is 11.8. The van der Waals surface area contributed by atoms with Gasteiger partial charge in [-0.1, -0.05) is 31.2 Å². The Kier molecular flexibility index (Phi) is 7.59. The summed E-state index contributed by atoms with van der Waals surface area (Å²) in [6, 6.07) is 8.01. The van der Waals surface area contributed by atoms with Gasteiger partial charge in [0.25, 0.3) is 0 Å². The number of cyclic esters (lactones) is 1. The van der Waals surface area contributed by atoms with Crippen molar-refractivity contribution in [3.05, 3.63) is 59.1 Å². The lowest BCUT2D eigenvalue weighted by molar-refractivity contribution is -0.140. The first-order valence-electron chi connectivity index (χ1n) is 15.6. The highest BCUT2D eigenvalue weighted by Gasteiger charge is 2.68. The maximum absolute atomic E-state index is 13.9. The zero-order valence-electron chi connectivity index (χ0n) is 25.9. The van der Waals surface area contributed by atoms with Crippen molar-refractivity contribution in [3.8, 4) is 0 Å². The molecule has 2 saturated heterocycles. The van der Waals surface area contributed by atoms with Crippen LogP contribution in [0.2, 0.25) is 0 Å². The molecule has 1 aliphatic carbocycles. The third-order valence-electron chi connectivity index (χ3n) is 9.72. The molecule has 1 aromatic carbocycles. The summed E-state index contributed by atoms with van der Waals surface area (Å²) < 4.78 is 11.9. The van der Waals surface area contributed by atoms with Gasteiger partial charge in [-0.2, -0.15) is 0 Å². The Morgan fingerprint density at radius 3 is 2.59 bits per heavy atom. The number of benzene rings is 1. The number of H-pyrrole nitrogens is 1. The number of nitrogens with one attached hydrogen (secondary N) is 1. The maximum Gasteiger partial charge on any atom is 0.424 e. The molecule has 3 unspecified atom stereocenters. The second-order valence-electron chi connectivity index (χ2n) is 11.8. The zero-order chi connectivity index (χ0) is 31.3. The first kappa shape index (κ1) is 29.7. The SMILES string of the molecule is CCC1=C(OC(=O)N(CC)CC)N2C(=O)OC(=NCCc3c[nH]c4ccccc34)[C@]2(C)C2C1=CCC1C(=O)N(CC)C(=O)C12. The highest BCUT2D eigenvalue weighted by molar-refractivity contribution is 6.09. The predicted octanol–water partition coefficient (Wildman–Crippen LogP) is 5.00. The first-order chi connectivity index (χ1) is 21.2. The number of hydrogen-bond acceptors (Lipinski definition) is 7. The Morgan fingerprint density at radius 2 is 1.89 bits per heavy atom. The van der Waals surface area contributed by atoms with Crippen LogP contribution < -0.4 is 0 Å². The smallest absolute Gasteiger partial charge is 0.393 e. The standard InChI is InChI=1S/C33H39N5O6/c1-6-20-22-14-15-23-25(28(40)37(9-4)27(23)39)26(22)33(5)30(34-17-16-19-18-35-24-13-11-10-12-21(19)24)44-32(42)38(33)29(20)43-31(41)36(7-2)8-3/h10-14,18,23,25-26,35H,6-9,15-17H2,1-5H3/t23?,25?,26?,33-/m0/s1. The Hall–Kier alpha value is -4.41. The summed E-state index contributed by atoms with van der Waals surface area (Å²) >= 11 is 0. The lowest BCUT2D eigenvalue weighted by atomic mass is 9.61. The van der Waals surface area contributed by atoms with Gasteiger partial charge in [-0.05, 0) is 64.2 Å². The Bertz CT molecular complexity index is 1630. The van der Waals surface area contributed by atoms with E-state index in [1.807, 2.05) is 64.2 Å². The number of hydrogen-bond donors (Lipinski definition) is 1. The molecular formula is C33H39N5O6. The van der Waals surface area contributed by atoms with E-state index in [9.17, 15) is 19.2 Å². The van der Waals surface area contributed by atoms with Crippen molar-refractivity contribution in [3.63, 3.8) is 0 Å². The van der Waals surface area contributed by atoms with Crippen molar-refractivity contribution in [2.45, 2.75) is 59.4 Å². The van der Waals surface area contributed by atoms with Crippen molar-refractivity contribution < 1.29 is 28.7 Å². The molecule has 1 aromatic heterocycles. The molecule has 2 fully saturated rings. The molecule has 232 valence electrons. The number of allylic oxidation sites excluding steroid dienone is 2. The minimum absolute atomic E-state index is 0.101. The van der Waals surface area contributed by atoms with Gasteiger partial charge in [0, 0.05) is 54.8 Å². The number of aromatic amines is 1. The summed E-state index contributed by atoms with van der Waals surface area (Å²) in [5.74, 6) is -2.06. The number of amides is 4. The van der Waals surface area contributed by atoms with Gasteiger partial charge < -0.3 is 19.4 Å². The number of aliphatic imine (C=N–C) groups is 1. The third-order valence-corrected chi connectivity index (χ3v) is 9.72. The Balaban J connectivity index is 1.46. The average Bonchev–Trinajstić information content (AvgIpc) is 3.63. The fourth-order valence-electron chi connectivity index (χ4n) is 7.53. The molecule has 3 aliphatic heterocycles. The van der Waals surface area contributed by atoms with E-state index in [2.05, 4.69) is 4.98 Å². The molecule has 11 nitrogen and oxygen atoms in total. The highest BCUT2D eigenvalue weighted by atomic mass is 16.6. The van der Waals surface area contributed by atoms with E-state index in [-0.39, 0.29) is 30.1 Å². The second kappa shape index (κ2) is 11.3. The summed E-state index contributed by atoms with van der Waals surface area (Å²) in [6.07, 6.45) is 4.04. The number of carbonyl (C=O) groups excluding carboxylic acids is 4. The third kappa shape index (κ3) is 4.27. The van der Waals surface area contributed by atoms with Crippen LogP contribution in [0.3, 0.4) is 0 Å².